The fourth-order valence-electron chi connectivity index (χ4n) is 3.28. The number of ether oxygens (including phenoxy) is 1. The first-order valence-corrected chi connectivity index (χ1v) is 9.46. The van der Waals surface area contributed by atoms with E-state index in [2.05, 4.69) is 24.3 Å². The molecule has 0 N–H and O–H groups in total. The summed E-state index contributed by atoms with van der Waals surface area (Å²) in [7, 11) is 0. The topological polar surface area (TPSA) is 41.9 Å². The molecule has 0 radical (unpaired) electrons. The molecule has 0 fully saturated rings. The van der Waals surface area contributed by atoms with Gasteiger partial charge >= 0.3 is 5.97 Å². The lowest BCUT2D eigenvalue weighted by Crippen LogP contribution is -2.22. The van der Waals surface area contributed by atoms with Gasteiger partial charge in [-0.3, -0.25) is 5.01 Å². The lowest BCUT2D eigenvalue weighted by Gasteiger charge is -2.24. The molecule has 4 nitrogen and oxygen atoms in total. The second-order valence-corrected chi connectivity index (χ2v) is 6.70. The fourth-order valence-corrected chi connectivity index (χ4v) is 3.28. The summed E-state index contributed by atoms with van der Waals surface area (Å²) < 4.78 is 5.17. The van der Waals surface area contributed by atoms with Crippen molar-refractivity contribution in [2.24, 2.45) is 5.10 Å². The smallest absolute Gasteiger partial charge is 0.333 e. The van der Waals surface area contributed by atoms with Gasteiger partial charge in [0, 0.05) is 17.7 Å². The largest absolute Gasteiger partial charge is 0.463 e. The van der Waals surface area contributed by atoms with E-state index in [9.17, 15) is 4.79 Å². The van der Waals surface area contributed by atoms with E-state index < -0.39 is 0 Å². The van der Waals surface area contributed by atoms with Crippen LogP contribution in [0.4, 0.5) is 5.69 Å². The number of allylic oxidation sites excluding steroid dienone is 1. The minimum atomic E-state index is -0.182. The van der Waals surface area contributed by atoms with E-state index in [4.69, 9.17) is 9.84 Å². The zero-order chi connectivity index (χ0) is 19.1. The Morgan fingerprint density at radius 3 is 2.33 bits per heavy atom. The lowest BCUT2D eigenvalue weighted by atomic mass is 9.91. The third kappa shape index (κ3) is 5.07. The Labute approximate surface area is 161 Å². The quantitative estimate of drug-likeness (QED) is 0.529. The van der Waals surface area contributed by atoms with E-state index >= 15 is 0 Å². The number of rotatable bonds is 6. The molecule has 140 valence electrons. The number of carbonyl (C=O) groups is 1. The molecule has 0 unspecified atom stereocenters. The van der Waals surface area contributed by atoms with Crippen LogP contribution in [0.5, 0.6) is 0 Å². The predicted molar refractivity (Wildman–Crippen MR) is 110 cm³/mol. The molecule has 1 aliphatic carbocycles. The van der Waals surface area contributed by atoms with Crippen LogP contribution >= 0.6 is 0 Å². The number of hydrogen-bond donors (Lipinski definition) is 0. The number of hydrazone groups is 1. The molecule has 2 aromatic rings. The standard InChI is InChI=1S/C23H26N2O2/c1-3-27-23(26)22-15-14-20(16-18(22)2)24-25(21-12-8-5-9-13-21)17-19-10-6-4-7-11-19/h4-13H,3,14-17H2,1-2H3/b24-20+. The zero-order valence-corrected chi connectivity index (χ0v) is 16.0. The molecule has 0 spiro atoms. The maximum absolute atomic E-state index is 12.1. The molecule has 4 heteroatoms. The Balaban J connectivity index is 1.83. The average molecular weight is 362 g/mol. The summed E-state index contributed by atoms with van der Waals surface area (Å²) in [5, 5.41) is 7.00. The molecular formula is C23H26N2O2. The maximum Gasteiger partial charge on any atom is 0.333 e. The monoisotopic (exact) mass is 362 g/mol. The van der Waals surface area contributed by atoms with Crippen LogP contribution in [-0.2, 0) is 16.1 Å². The predicted octanol–water partition coefficient (Wildman–Crippen LogP) is 5.11. The Morgan fingerprint density at radius 2 is 1.70 bits per heavy atom. The van der Waals surface area contributed by atoms with Crippen molar-refractivity contribution in [1.29, 1.82) is 0 Å². The van der Waals surface area contributed by atoms with Crippen molar-refractivity contribution < 1.29 is 9.53 Å². The molecule has 0 saturated carbocycles. The van der Waals surface area contributed by atoms with Crippen LogP contribution in [-0.4, -0.2) is 18.3 Å². The summed E-state index contributed by atoms with van der Waals surface area (Å²) in [5.41, 5.74) is 5.24. The lowest BCUT2D eigenvalue weighted by molar-refractivity contribution is -0.138. The van der Waals surface area contributed by atoms with Gasteiger partial charge in [-0.2, -0.15) is 5.10 Å². The Bertz CT molecular complexity index is 826. The fraction of sp³-hybridized carbons (Fsp3) is 0.304. The van der Waals surface area contributed by atoms with Crippen LogP contribution in [0.25, 0.3) is 0 Å². The van der Waals surface area contributed by atoms with Gasteiger partial charge in [0.1, 0.15) is 0 Å². The van der Waals surface area contributed by atoms with Crippen LogP contribution < -0.4 is 5.01 Å². The van der Waals surface area contributed by atoms with Crippen molar-refractivity contribution >= 4 is 17.4 Å². The Morgan fingerprint density at radius 1 is 1.04 bits per heavy atom. The van der Waals surface area contributed by atoms with Gasteiger partial charge in [0.05, 0.1) is 18.8 Å². The van der Waals surface area contributed by atoms with Crippen LogP contribution in [0.15, 0.2) is 76.9 Å². The molecule has 1 aliphatic rings. The van der Waals surface area contributed by atoms with Crippen molar-refractivity contribution in [2.45, 2.75) is 39.7 Å². The van der Waals surface area contributed by atoms with Crippen LogP contribution in [0.1, 0.15) is 38.7 Å². The minimum absolute atomic E-state index is 0.182. The first-order chi connectivity index (χ1) is 13.2. The van der Waals surface area contributed by atoms with Crippen molar-refractivity contribution in [2.75, 3.05) is 11.6 Å². The molecule has 0 aromatic heterocycles. The van der Waals surface area contributed by atoms with Crippen molar-refractivity contribution in [3.05, 3.63) is 77.4 Å². The normalized spacial score (nSPS) is 15.7. The van der Waals surface area contributed by atoms with E-state index in [1.165, 1.54) is 5.56 Å². The number of hydrogen-bond acceptors (Lipinski definition) is 4. The maximum atomic E-state index is 12.1. The molecule has 0 aliphatic heterocycles. The highest BCUT2D eigenvalue weighted by Gasteiger charge is 2.21. The van der Waals surface area contributed by atoms with Crippen LogP contribution in [0.2, 0.25) is 0 Å². The first-order valence-electron chi connectivity index (χ1n) is 9.46. The number of nitrogens with zero attached hydrogens (tertiary/aromatic N) is 2. The van der Waals surface area contributed by atoms with E-state index in [1.807, 2.05) is 55.3 Å². The number of para-hydroxylation sites is 1. The summed E-state index contributed by atoms with van der Waals surface area (Å²) in [4.78, 5) is 12.1. The van der Waals surface area contributed by atoms with Gasteiger partial charge in [-0.1, -0.05) is 54.1 Å². The van der Waals surface area contributed by atoms with Gasteiger partial charge in [0.2, 0.25) is 0 Å². The molecule has 0 saturated heterocycles. The third-order valence-electron chi connectivity index (χ3n) is 4.66. The summed E-state index contributed by atoms with van der Waals surface area (Å²) in [6.07, 6.45) is 2.19. The van der Waals surface area contributed by atoms with Gasteiger partial charge in [-0.05, 0) is 44.4 Å². The molecular weight excluding hydrogens is 336 g/mol. The average Bonchev–Trinajstić information content (AvgIpc) is 2.69. The Kier molecular flexibility index (Phi) is 6.42. The second kappa shape index (κ2) is 9.17. The van der Waals surface area contributed by atoms with E-state index in [0.29, 0.717) is 26.0 Å². The van der Waals surface area contributed by atoms with Gasteiger partial charge < -0.3 is 4.74 Å². The molecule has 0 heterocycles. The molecule has 3 rings (SSSR count). The Hall–Kier alpha value is -2.88. The first kappa shape index (κ1) is 18.9. The molecule has 0 amide bonds. The highest BCUT2D eigenvalue weighted by molar-refractivity contribution is 5.96. The molecule has 0 bridgehead atoms. The number of carbonyl (C=O) groups excluding carboxylic acids is 1. The summed E-state index contributed by atoms with van der Waals surface area (Å²) in [5.74, 6) is -0.182. The van der Waals surface area contributed by atoms with Gasteiger partial charge in [0.25, 0.3) is 0 Å². The van der Waals surface area contributed by atoms with Crippen molar-refractivity contribution in [3.63, 3.8) is 0 Å². The van der Waals surface area contributed by atoms with E-state index in [-0.39, 0.29) is 5.97 Å². The summed E-state index contributed by atoms with van der Waals surface area (Å²) >= 11 is 0. The molecule has 2 aromatic carbocycles. The van der Waals surface area contributed by atoms with Crippen molar-refractivity contribution in [3.8, 4) is 0 Å². The van der Waals surface area contributed by atoms with Gasteiger partial charge in [0.15, 0.2) is 0 Å². The van der Waals surface area contributed by atoms with E-state index in [0.717, 1.165) is 29.0 Å². The number of anilines is 1. The second-order valence-electron chi connectivity index (χ2n) is 6.70. The molecule has 0 atom stereocenters. The number of esters is 1. The molecule has 27 heavy (non-hydrogen) atoms. The highest BCUT2D eigenvalue weighted by Crippen LogP contribution is 2.26. The van der Waals surface area contributed by atoms with E-state index in [1.54, 1.807) is 0 Å². The third-order valence-corrected chi connectivity index (χ3v) is 4.66. The minimum Gasteiger partial charge on any atom is -0.463 e. The van der Waals surface area contributed by atoms with Gasteiger partial charge in [-0.25, -0.2) is 4.79 Å². The zero-order valence-electron chi connectivity index (χ0n) is 16.0. The van der Waals surface area contributed by atoms with Crippen LogP contribution in [0.3, 0.4) is 0 Å². The van der Waals surface area contributed by atoms with Crippen LogP contribution in [0, 0.1) is 0 Å². The van der Waals surface area contributed by atoms with Crippen molar-refractivity contribution in [1.82, 2.24) is 0 Å². The summed E-state index contributed by atoms with van der Waals surface area (Å²) in [6.45, 7) is 4.97. The van der Waals surface area contributed by atoms with Gasteiger partial charge in [-0.15, -0.1) is 0 Å². The number of benzene rings is 2. The highest BCUT2D eigenvalue weighted by atomic mass is 16.5. The summed E-state index contributed by atoms with van der Waals surface area (Å²) in [6, 6.07) is 20.5. The SMILES string of the molecule is CCOC(=O)C1=C(C)C/C(=N/N(Cc2ccccc2)c2ccccc2)CC1.